The van der Waals surface area contributed by atoms with Crippen molar-refractivity contribution in [2.75, 3.05) is 7.11 Å². The molecule has 0 radical (unpaired) electrons. The van der Waals surface area contributed by atoms with Crippen molar-refractivity contribution in [1.29, 1.82) is 0 Å². The standard InChI is InChI=1S/C10H17N3O3/c1-6(7(2)15)13-10(8(3)16-4)9(5-14)11-12-13/h5-8,15H,1-4H3. The van der Waals surface area contributed by atoms with Crippen LogP contribution in [0.2, 0.25) is 0 Å². The van der Waals surface area contributed by atoms with E-state index in [1.54, 1.807) is 27.9 Å². The maximum atomic E-state index is 10.8. The minimum atomic E-state index is -0.580. The first-order chi connectivity index (χ1) is 7.52. The maximum absolute atomic E-state index is 10.8. The molecule has 0 aliphatic heterocycles. The second kappa shape index (κ2) is 5.18. The van der Waals surface area contributed by atoms with Crippen LogP contribution in [0, 0.1) is 0 Å². The Labute approximate surface area is 94.2 Å². The molecule has 90 valence electrons. The van der Waals surface area contributed by atoms with E-state index in [9.17, 15) is 9.90 Å². The van der Waals surface area contributed by atoms with Gasteiger partial charge in [-0.3, -0.25) is 4.79 Å². The molecule has 1 rings (SSSR count). The van der Waals surface area contributed by atoms with Gasteiger partial charge in [0.25, 0.3) is 0 Å². The Morgan fingerprint density at radius 1 is 1.44 bits per heavy atom. The topological polar surface area (TPSA) is 77.2 Å². The lowest BCUT2D eigenvalue weighted by Crippen LogP contribution is -2.22. The molecule has 0 amide bonds. The molecule has 0 aromatic carbocycles. The van der Waals surface area contributed by atoms with Crippen molar-refractivity contribution in [3.63, 3.8) is 0 Å². The number of carbonyl (C=O) groups excluding carboxylic acids is 1. The van der Waals surface area contributed by atoms with E-state index in [4.69, 9.17) is 4.74 Å². The first-order valence-electron chi connectivity index (χ1n) is 5.14. The Bertz CT molecular complexity index is 362. The van der Waals surface area contributed by atoms with Gasteiger partial charge in [-0.1, -0.05) is 5.21 Å². The average molecular weight is 227 g/mol. The zero-order chi connectivity index (χ0) is 12.3. The lowest BCUT2D eigenvalue weighted by atomic mass is 10.1. The van der Waals surface area contributed by atoms with Crippen molar-refractivity contribution in [2.45, 2.75) is 39.0 Å². The van der Waals surface area contributed by atoms with E-state index in [1.807, 2.05) is 0 Å². The van der Waals surface area contributed by atoms with Crippen LogP contribution in [0.15, 0.2) is 0 Å². The molecule has 3 unspecified atom stereocenters. The Morgan fingerprint density at radius 3 is 2.50 bits per heavy atom. The van der Waals surface area contributed by atoms with Crippen molar-refractivity contribution in [1.82, 2.24) is 15.0 Å². The number of aldehydes is 1. The summed E-state index contributed by atoms with van der Waals surface area (Å²) < 4.78 is 6.70. The third kappa shape index (κ3) is 2.28. The fraction of sp³-hybridized carbons (Fsp3) is 0.700. The fourth-order valence-electron chi connectivity index (χ4n) is 1.41. The molecular formula is C10H17N3O3. The number of aliphatic hydroxyl groups excluding tert-OH is 1. The summed E-state index contributed by atoms with van der Waals surface area (Å²) in [6.45, 7) is 5.27. The highest BCUT2D eigenvalue weighted by Crippen LogP contribution is 2.22. The Morgan fingerprint density at radius 2 is 2.06 bits per heavy atom. The molecule has 3 atom stereocenters. The quantitative estimate of drug-likeness (QED) is 0.751. The minimum absolute atomic E-state index is 0.252. The number of carbonyl (C=O) groups is 1. The number of rotatable bonds is 5. The van der Waals surface area contributed by atoms with Gasteiger partial charge in [0.2, 0.25) is 0 Å². The summed E-state index contributed by atoms with van der Waals surface area (Å²) >= 11 is 0. The zero-order valence-electron chi connectivity index (χ0n) is 9.91. The highest BCUT2D eigenvalue weighted by atomic mass is 16.5. The van der Waals surface area contributed by atoms with Gasteiger partial charge in [-0.2, -0.15) is 0 Å². The molecule has 0 fully saturated rings. The van der Waals surface area contributed by atoms with Crippen molar-refractivity contribution in [3.05, 3.63) is 11.4 Å². The predicted molar refractivity (Wildman–Crippen MR) is 57.2 cm³/mol. The summed E-state index contributed by atoms with van der Waals surface area (Å²) in [6.07, 6.45) is -0.233. The van der Waals surface area contributed by atoms with E-state index in [0.29, 0.717) is 12.0 Å². The van der Waals surface area contributed by atoms with Crippen LogP contribution in [-0.4, -0.2) is 39.6 Å². The summed E-state index contributed by atoms with van der Waals surface area (Å²) in [4.78, 5) is 10.8. The molecular weight excluding hydrogens is 210 g/mol. The molecule has 6 heteroatoms. The smallest absolute Gasteiger partial charge is 0.172 e. The first-order valence-corrected chi connectivity index (χ1v) is 5.14. The fourth-order valence-corrected chi connectivity index (χ4v) is 1.41. The largest absolute Gasteiger partial charge is 0.391 e. The molecule has 0 saturated heterocycles. The van der Waals surface area contributed by atoms with Gasteiger partial charge in [0.05, 0.1) is 23.9 Å². The summed E-state index contributed by atoms with van der Waals surface area (Å²) in [5, 5.41) is 17.2. The number of methoxy groups -OCH3 is 1. The molecule has 0 aliphatic rings. The van der Waals surface area contributed by atoms with E-state index in [1.165, 1.54) is 4.68 Å². The third-order valence-electron chi connectivity index (χ3n) is 2.69. The van der Waals surface area contributed by atoms with Gasteiger partial charge in [-0.15, -0.1) is 5.10 Å². The molecule has 1 aromatic rings. The van der Waals surface area contributed by atoms with Crippen LogP contribution in [0.25, 0.3) is 0 Å². The van der Waals surface area contributed by atoms with Crippen LogP contribution in [0.1, 0.15) is 49.1 Å². The van der Waals surface area contributed by atoms with E-state index in [0.717, 1.165) is 0 Å². The van der Waals surface area contributed by atoms with Gasteiger partial charge in [0.1, 0.15) is 0 Å². The molecule has 0 saturated carbocycles. The number of ether oxygens (including phenoxy) is 1. The van der Waals surface area contributed by atoms with Crippen molar-refractivity contribution in [2.24, 2.45) is 0 Å². The predicted octanol–water partition coefficient (Wildman–Crippen LogP) is 0.740. The van der Waals surface area contributed by atoms with Crippen LogP contribution in [-0.2, 0) is 4.74 Å². The Kier molecular flexibility index (Phi) is 4.14. The van der Waals surface area contributed by atoms with Gasteiger partial charge in [0, 0.05) is 7.11 Å². The summed E-state index contributed by atoms with van der Waals surface area (Å²) in [5.74, 6) is 0. The molecule has 1 heterocycles. The van der Waals surface area contributed by atoms with E-state index in [-0.39, 0.29) is 17.8 Å². The second-order valence-electron chi connectivity index (χ2n) is 3.78. The molecule has 0 spiro atoms. The van der Waals surface area contributed by atoms with Gasteiger partial charge in [-0.25, -0.2) is 4.68 Å². The van der Waals surface area contributed by atoms with Crippen molar-refractivity contribution in [3.8, 4) is 0 Å². The zero-order valence-corrected chi connectivity index (χ0v) is 9.91. The molecule has 1 N–H and O–H groups in total. The second-order valence-corrected chi connectivity index (χ2v) is 3.78. The molecule has 0 bridgehead atoms. The summed E-state index contributed by atoms with van der Waals surface area (Å²) in [6, 6.07) is -0.256. The van der Waals surface area contributed by atoms with Crippen molar-refractivity contribution >= 4 is 6.29 Å². The summed E-state index contributed by atoms with van der Waals surface area (Å²) in [5.41, 5.74) is 0.841. The minimum Gasteiger partial charge on any atom is -0.391 e. The highest BCUT2D eigenvalue weighted by molar-refractivity contribution is 5.73. The number of aromatic nitrogens is 3. The van der Waals surface area contributed by atoms with Gasteiger partial charge < -0.3 is 9.84 Å². The first kappa shape index (κ1) is 12.8. The van der Waals surface area contributed by atoms with E-state index in [2.05, 4.69) is 10.3 Å². The molecule has 0 aliphatic carbocycles. The van der Waals surface area contributed by atoms with Crippen LogP contribution in [0.4, 0.5) is 0 Å². The van der Waals surface area contributed by atoms with E-state index < -0.39 is 6.10 Å². The summed E-state index contributed by atoms with van der Waals surface area (Å²) in [7, 11) is 1.55. The van der Waals surface area contributed by atoms with Gasteiger partial charge in [-0.05, 0) is 20.8 Å². The number of hydrogen-bond acceptors (Lipinski definition) is 5. The van der Waals surface area contributed by atoms with Crippen LogP contribution in [0.3, 0.4) is 0 Å². The van der Waals surface area contributed by atoms with Crippen LogP contribution in [0.5, 0.6) is 0 Å². The van der Waals surface area contributed by atoms with Gasteiger partial charge in [0.15, 0.2) is 12.0 Å². The molecule has 16 heavy (non-hydrogen) atoms. The lowest BCUT2D eigenvalue weighted by Gasteiger charge is -2.19. The van der Waals surface area contributed by atoms with Crippen LogP contribution < -0.4 is 0 Å². The average Bonchev–Trinajstić information content (AvgIpc) is 2.70. The van der Waals surface area contributed by atoms with Crippen LogP contribution >= 0.6 is 0 Å². The highest BCUT2D eigenvalue weighted by Gasteiger charge is 2.23. The van der Waals surface area contributed by atoms with E-state index >= 15 is 0 Å². The number of nitrogens with zero attached hydrogens (tertiary/aromatic N) is 3. The maximum Gasteiger partial charge on any atom is 0.172 e. The lowest BCUT2D eigenvalue weighted by molar-refractivity contribution is 0.0921. The molecule has 6 nitrogen and oxygen atoms in total. The van der Waals surface area contributed by atoms with Crippen molar-refractivity contribution < 1.29 is 14.6 Å². The van der Waals surface area contributed by atoms with Gasteiger partial charge >= 0.3 is 0 Å². The SMILES string of the molecule is COC(C)c1c(C=O)nnn1C(C)C(C)O. The Balaban J connectivity index is 3.19. The number of aliphatic hydroxyl groups is 1. The number of hydrogen-bond donors (Lipinski definition) is 1. The monoisotopic (exact) mass is 227 g/mol. The normalized spacial score (nSPS) is 16.8. The molecule has 1 aromatic heterocycles. The third-order valence-corrected chi connectivity index (χ3v) is 2.69. The Hall–Kier alpha value is -1.27.